The van der Waals surface area contributed by atoms with E-state index in [2.05, 4.69) is 5.32 Å². The number of nitrogens with one attached hydrogen (secondary N) is 1. The molecule has 2 N–H and O–H groups in total. The van der Waals surface area contributed by atoms with Gasteiger partial charge in [0.2, 0.25) is 5.91 Å². The third-order valence-electron chi connectivity index (χ3n) is 3.20. The number of nitrogens with zero attached hydrogens (tertiary/aromatic N) is 1. The molecular weight excluding hydrogens is 280 g/mol. The van der Waals surface area contributed by atoms with Gasteiger partial charge in [0.25, 0.3) is 5.91 Å². The van der Waals surface area contributed by atoms with E-state index in [0.29, 0.717) is 5.56 Å². The van der Waals surface area contributed by atoms with E-state index in [1.165, 1.54) is 30.4 Å². The first-order chi connectivity index (χ1) is 10.0. The van der Waals surface area contributed by atoms with Crippen molar-refractivity contribution in [2.24, 2.45) is 0 Å². The van der Waals surface area contributed by atoms with Crippen LogP contribution in [0, 0.1) is 0 Å². The van der Waals surface area contributed by atoms with Gasteiger partial charge in [-0.25, -0.2) is 4.79 Å². The van der Waals surface area contributed by atoms with E-state index in [1.807, 2.05) is 0 Å². The van der Waals surface area contributed by atoms with Crippen LogP contribution in [0.1, 0.15) is 17.3 Å². The molecule has 2 atom stereocenters. The quantitative estimate of drug-likeness (QED) is 0.790. The number of rotatable bonds is 4. The van der Waals surface area contributed by atoms with E-state index < -0.39 is 29.9 Å². The van der Waals surface area contributed by atoms with Crippen molar-refractivity contribution in [1.82, 2.24) is 10.2 Å². The third kappa shape index (κ3) is 3.40. The molecule has 2 unspecified atom stereocenters. The minimum absolute atomic E-state index is 0.0521. The number of aliphatic carboxylic acids is 1. The van der Waals surface area contributed by atoms with Crippen LogP contribution in [0.3, 0.4) is 0 Å². The fourth-order valence-corrected chi connectivity index (χ4v) is 2.06. The summed E-state index contributed by atoms with van der Waals surface area (Å²) >= 11 is 0. The number of carbonyl (C=O) groups is 3. The van der Waals surface area contributed by atoms with E-state index in [-0.39, 0.29) is 19.8 Å². The van der Waals surface area contributed by atoms with Gasteiger partial charge >= 0.3 is 5.97 Å². The summed E-state index contributed by atoms with van der Waals surface area (Å²) in [6.07, 6.45) is 2.62. The van der Waals surface area contributed by atoms with Gasteiger partial charge in [0.1, 0.15) is 12.3 Å². The Kier molecular flexibility index (Phi) is 4.59. The fourth-order valence-electron chi connectivity index (χ4n) is 2.06. The normalized spacial score (nSPS) is 19.9. The van der Waals surface area contributed by atoms with Crippen LogP contribution < -0.4 is 5.32 Å². The van der Waals surface area contributed by atoms with Crippen LogP contribution in [-0.4, -0.2) is 59.6 Å². The average molecular weight is 296 g/mol. The van der Waals surface area contributed by atoms with E-state index in [9.17, 15) is 14.4 Å². The molecule has 0 saturated carbocycles. The largest absolute Gasteiger partial charge is 0.480 e. The molecule has 1 saturated heterocycles. The summed E-state index contributed by atoms with van der Waals surface area (Å²) in [4.78, 5) is 36.5. The van der Waals surface area contributed by atoms with E-state index in [4.69, 9.17) is 14.3 Å². The Bertz CT molecular complexity index is 527. The minimum Gasteiger partial charge on any atom is -0.480 e. The predicted octanol–water partition coefficient (Wildman–Crippen LogP) is -0.290. The molecular formula is C13H16N2O6. The second-order valence-electron chi connectivity index (χ2n) is 4.67. The third-order valence-corrected chi connectivity index (χ3v) is 3.20. The van der Waals surface area contributed by atoms with Crippen molar-refractivity contribution < 1.29 is 28.6 Å². The van der Waals surface area contributed by atoms with Gasteiger partial charge in [0.15, 0.2) is 6.04 Å². The zero-order chi connectivity index (χ0) is 15.4. The topological polar surface area (TPSA) is 109 Å². The Hall–Kier alpha value is -2.35. The van der Waals surface area contributed by atoms with Gasteiger partial charge in [0.05, 0.1) is 25.0 Å². The SMILES string of the molecule is CC(NC(=O)c1ccoc1)C(=O)N1CCOCC1C(=O)O. The smallest absolute Gasteiger partial charge is 0.328 e. The number of carboxylic acids is 1. The Labute approximate surface area is 120 Å². The highest BCUT2D eigenvalue weighted by Gasteiger charge is 2.35. The lowest BCUT2D eigenvalue weighted by atomic mass is 10.1. The number of ether oxygens (including phenoxy) is 1. The summed E-state index contributed by atoms with van der Waals surface area (Å²) in [6, 6.07) is -0.395. The first-order valence-electron chi connectivity index (χ1n) is 6.45. The van der Waals surface area contributed by atoms with Gasteiger partial charge in [-0.3, -0.25) is 9.59 Å². The molecule has 0 spiro atoms. The lowest BCUT2D eigenvalue weighted by Gasteiger charge is -2.34. The molecule has 114 valence electrons. The maximum absolute atomic E-state index is 12.3. The van der Waals surface area contributed by atoms with Crippen molar-refractivity contribution in [3.05, 3.63) is 24.2 Å². The van der Waals surface area contributed by atoms with Gasteiger partial charge in [-0.15, -0.1) is 0 Å². The number of morpholine rings is 1. The van der Waals surface area contributed by atoms with Crippen molar-refractivity contribution in [3.8, 4) is 0 Å². The second kappa shape index (κ2) is 6.40. The van der Waals surface area contributed by atoms with Crippen LogP contribution in [0.25, 0.3) is 0 Å². The van der Waals surface area contributed by atoms with E-state index >= 15 is 0 Å². The Morgan fingerprint density at radius 2 is 2.24 bits per heavy atom. The Morgan fingerprint density at radius 1 is 1.48 bits per heavy atom. The molecule has 0 aromatic carbocycles. The molecule has 2 amide bonds. The van der Waals surface area contributed by atoms with Gasteiger partial charge in [0, 0.05) is 6.54 Å². The molecule has 2 rings (SSSR count). The molecule has 1 aromatic rings. The molecule has 0 bridgehead atoms. The van der Waals surface area contributed by atoms with Crippen LogP contribution in [0.5, 0.6) is 0 Å². The summed E-state index contributed by atoms with van der Waals surface area (Å²) in [5.74, 6) is -2.04. The zero-order valence-corrected chi connectivity index (χ0v) is 11.4. The van der Waals surface area contributed by atoms with Crippen molar-refractivity contribution in [2.75, 3.05) is 19.8 Å². The number of furan rings is 1. The molecule has 1 aliphatic rings. The lowest BCUT2D eigenvalue weighted by molar-refractivity contribution is -0.158. The summed E-state index contributed by atoms with van der Waals surface area (Å²) in [7, 11) is 0. The standard InChI is InChI=1S/C13H16N2O6/c1-8(14-11(16)9-2-4-20-6-9)12(17)15-3-5-21-7-10(15)13(18)19/h2,4,6,8,10H,3,5,7H2,1H3,(H,14,16)(H,18,19). The molecule has 8 nitrogen and oxygen atoms in total. The van der Waals surface area contributed by atoms with Gasteiger partial charge in [-0.1, -0.05) is 0 Å². The van der Waals surface area contributed by atoms with Crippen molar-refractivity contribution in [3.63, 3.8) is 0 Å². The predicted molar refractivity (Wildman–Crippen MR) is 69.6 cm³/mol. The van der Waals surface area contributed by atoms with Crippen LogP contribution >= 0.6 is 0 Å². The van der Waals surface area contributed by atoms with Crippen LogP contribution in [0.2, 0.25) is 0 Å². The van der Waals surface area contributed by atoms with Crippen LogP contribution in [0.15, 0.2) is 23.0 Å². The van der Waals surface area contributed by atoms with Gasteiger partial charge in [-0.05, 0) is 13.0 Å². The maximum Gasteiger partial charge on any atom is 0.328 e. The van der Waals surface area contributed by atoms with Gasteiger partial charge < -0.3 is 24.5 Å². The molecule has 2 heterocycles. The number of carbonyl (C=O) groups excluding carboxylic acids is 2. The second-order valence-corrected chi connectivity index (χ2v) is 4.67. The average Bonchev–Trinajstić information content (AvgIpc) is 3.00. The number of amides is 2. The van der Waals surface area contributed by atoms with E-state index in [1.54, 1.807) is 0 Å². The van der Waals surface area contributed by atoms with E-state index in [0.717, 1.165) is 0 Å². The van der Waals surface area contributed by atoms with Crippen LogP contribution in [0.4, 0.5) is 0 Å². The molecule has 0 aliphatic carbocycles. The summed E-state index contributed by atoms with van der Waals surface area (Å²) < 4.78 is 9.86. The summed E-state index contributed by atoms with van der Waals surface area (Å²) in [5, 5.41) is 11.6. The Balaban J connectivity index is 2.00. The van der Waals surface area contributed by atoms with Gasteiger partial charge in [-0.2, -0.15) is 0 Å². The monoisotopic (exact) mass is 296 g/mol. The molecule has 1 fully saturated rings. The highest BCUT2D eigenvalue weighted by molar-refractivity contribution is 5.97. The molecule has 1 aromatic heterocycles. The minimum atomic E-state index is -1.13. The molecule has 0 radical (unpaired) electrons. The lowest BCUT2D eigenvalue weighted by Crippen LogP contribution is -2.57. The first kappa shape index (κ1) is 15.0. The Morgan fingerprint density at radius 3 is 2.86 bits per heavy atom. The fraction of sp³-hybridized carbons (Fsp3) is 0.462. The highest BCUT2D eigenvalue weighted by atomic mass is 16.5. The molecule has 1 aliphatic heterocycles. The van der Waals surface area contributed by atoms with Crippen molar-refractivity contribution in [1.29, 1.82) is 0 Å². The zero-order valence-electron chi connectivity index (χ0n) is 11.4. The first-order valence-corrected chi connectivity index (χ1v) is 6.45. The number of hydrogen-bond donors (Lipinski definition) is 2. The number of carboxylic acid groups (broad SMARTS) is 1. The van der Waals surface area contributed by atoms with Crippen LogP contribution in [-0.2, 0) is 14.3 Å². The summed E-state index contributed by atoms with van der Waals surface area (Å²) in [6.45, 7) is 1.91. The highest BCUT2D eigenvalue weighted by Crippen LogP contribution is 2.10. The molecule has 21 heavy (non-hydrogen) atoms. The number of hydrogen-bond acceptors (Lipinski definition) is 5. The maximum atomic E-state index is 12.3. The van der Waals surface area contributed by atoms with Crippen molar-refractivity contribution in [2.45, 2.75) is 19.0 Å². The van der Waals surface area contributed by atoms with Crippen molar-refractivity contribution >= 4 is 17.8 Å². The summed E-state index contributed by atoms with van der Waals surface area (Å²) in [5.41, 5.74) is 0.298. The molecule has 8 heteroatoms.